The van der Waals surface area contributed by atoms with E-state index in [1.807, 2.05) is 6.92 Å². The fraction of sp³-hybridized carbons (Fsp3) is 0.200. The van der Waals surface area contributed by atoms with E-state index in [0.717, 1.165) is 15.6 Å². The van der Waals surface area contributed by atoms with Gasteiger partial charge in [-0.1, -0.05) is 33.6 Å². The van der Waals surface area contributed by atoms with Crippen molar-refractivity contribution in [1.82, 2.24) is 4.72 Å². The predicted molar refractivity (Wildman–Crippen MR) is 85.5 cm³/mol. The number of sulfonamides is 1. The Morgan fingerprint density at radius 2 is 1.77 bits per heavy atom. The molecule has 0 unspecified atom stereocenters. The maximum Gasteiger partial charge on any atom is 0.240 e. The highest BCUT2D eigenvalue weighted by atomic mass is 79.9. The van der Waals surface area contributed by atoms with Gasteiger partial charge in [-0.15, -0.1) is 0 Å². The first-order valence-electron chi connectivity index (χ1n) is 6.60. The van der Waals surface area contributed by atoms with E-state index in [1.54, 1.807) is 36.4 Å². The summed E-state index contributed by atoms with van der Waals surface area (Å²) in [5.74, 6) is 1.27. The largest absolute Gasteiger partial charge is 0.454 e. The van der Waals surface area contributed by atoms with Gasteiger partial charge < -0.3 is 9.47 Å². The number of ether oxygens (including phenoxy) is 2. The minimum absolute atomic E-state index is 0.160. The molecule has 0 aliphatic carbocycles. The number of hydrogen-bond acceptors (Lipinski definition) is 4. The van der Waals surface area contributed by atoms with Crippen molar-refractivity contribution < 1.29 is 17.9 Å². The molecular formula is C15H14BrNO4S. The van der Waals surface area contributed by atoms with Crippen LogP contribution in [0.1, 0.15) is 11.1 Å². The summed E-state index contributed by atoms with van der Waals surface area (Å²) in [4.78, 5) is 0.245. The van der Waals surface area contributed by atoms with Crippen LogP contribution in [0.25, 0.3) is 0 Å². The number of fused-ring (bicyclic) bond motifs is 1. The molecule has 0 aromatic heterocycles. The van der Waals surface area contributed by atoms with Crippen molar-refractivity contribution in [2.45, 2.75) is 18.4 Å². The van der Waals surface area contributed by atoms with Crippen LogP contribution in [0.3, 0.4) is 0 Å². The van der Waals surface area contributed by atoms with E-state index in [2.05, 4.69) is 20.7 Å². The molecule has 3 rings (SSSR count). The normalized spacial score (nSPS) is 13.4. The lowest BCUT2D eigenvalue weighted by Gasteiger charge is -2.09. The van der Waals surface area contributed by atoms with Crippen molar-refractivity contribution in [3.8, 4) is 11.5 Å². The van der Waals surface area contributed by atoms with Crippen LogP contribution >= 0.6 is 15.9 Å². The summed E-state index contributed by atoms with van der Waals surface area (Å²) in [5.41, 5.74) is 1.79. The van der Waals surface area contributed by atoms with E-state index in [9.17, 15) is 8.42 Å². The van der Waals surface area contributed by atoms with Gasteiger partial charge in [-0.25, -0.2) is 13.1 Å². The number of benzene rings is 2. The molecule has 0 radical (unpaired) electrons. The molecule has 7 heteroatoms. The molecular weight excluding hydrogens is 370 g/mol. The Labute approximate surface area is 137 Å². The van der Waals surface area contributed by atoms with Crippen LogP contribution in [0.5, 0.6) is 11.5 Å². The zero-order chi connectivity index (χ0) is 15.7. The second-order valence-electron chi connectivity index (χ2n) is 4.93. The van der Waals surface area contributed by atoms with Crippen LogP contribution in [-0.2, 0) is 16.6 Å². The third-order valence-electron chi connectivity index (χ3n) is 3.33. The first-order valence-corrected chi connectivity index (χ1v) is 8.88. The molecule has 0 saturated heterocycles. The summed E-state index contributed by atoms with van der Waals surface area (Å²) in [7, 11) is -3.55. The first-order chi connectivity index (χ1) is 10.5. The fourth-order valence-corrected chi connectivity index (χ4v) is 3.54. The van der Waals surface area contributed by atoms with Crippen molar-refractivity contribution >= 4 is 26.0 Å². The zero-order valence-corrected chi connectivity index (χ0v) is 14.2. The molecule has 5 nitrogen and oxygen atoms in total. The lowest BCUT2D eigenvalue weighted by atomic mass is 10.2. The Balaban J connectivity index is 1.78. The molecule has 0 spiro atoms. The van der Waals surface area contributed by atoms with Gasteiger partial charge in [0, 0.05) is 11.0 Å². The Hall–Kier alpha value is -1.57. The van der Waals surface area contributed by atoms with Crippen LogP contribution in [0.15, 0.2) is 45.8 Å². The van der Waals surface area contributed by atoms with E-state index < -0.39 is 10.0 Å². The number of aryl methyl sites for hydroxylation is 1. The highest BCUT2D eigenvalue weighted by Gasteiger charge is 2.18. The highest BCUT2D eigenvalue weighted by molar-refractivity contribution is 9.10. The van der Waals surface area contributed by atoms with Gasteiger partial charge in [0.1, 0.15) is 0 Å². The van der Waals surface area contributed by atoms with E-state index >= 15 is 0 Å². The summed E-state index contributed by atoms with van der Waals surface area (Å²) in [5, 5.41) is 0. The van der Waals surface area contributed by atoms with Crippen LogP contribution < -0.4 is 14.2 Å². The molecule has 1 heterocycles. The minimum atomic E-state index is -3.55. The van der Waals surface area contributed by atoms with Crippen molar-refractivity contribution in [3.05, 3.63) is 52.0 Å². The Kier molecular flexibility index (Phi) is 4.12. The summed E-state index contributed by atoms with van der Waals surface area (Å²) in [6.07, 6.45) is 0. The first kappa shape index (κ1) is 15.3. The van der Waals surface area contributed by atoms with Crippen molar-refractivity contribution in [2.24, 2.45) is 0 Å². The maximum atomic E-state index is 12.3. The van der Waals surface area contributed by atoms with Crippen LogP contribution in [-0.4, -0.2) is 15.2 Å². The van der Waals surface area contributed by atoms with Crippen LogP contribution in [0.2, 0.25) is 0 Å². The van der Waals surface area contributed by atoms with E-state index in [1.165, 1.54) is 0 Å². The van der Waals surface area contributed by atoms with Crippen LogP contribution in [0, 0.1) is 6.92 Å². The molecule has 116 valence electrons. The van der Waals surface area contributed by atoms with Crippen molar-refractivity contribution in [1.29, 1.82) is 0 Å². The van der Waals surface area contributed by atoms with Gasteiger partial charge in [0.05, 0.1) is 4.90 Å². The number of rotatable bonds is 4. The molecule has 1 aliphatic rings. The molecule has 0 amide bonds. The molecule has 0 saturated carbocycles. The van der Waals surface area contributed by atoms with E-state index in [-0.39, 0.29) is 18.2 Å². The molecule has 0 bridgehead atoms. The van der Waals surface area contributed by atoms with Gasteiger partial charge in [0.15, 0.2) is 11.5 Å². The topological polar surface area (TPSA) is 64.6 Å². The lowest BCUT2D eigenvalue weighted by molar-refractivity contribution is 0.174. The van der Waals surface area contributed by atoms with Gasteiger partial charge in [-0.05, 0) is 36.8 Å². The quantitative estimate of drug-likeness (QED) is 0.881. The van der Waals surface area contributed by atoms with Gasteiger partial charge >= 0.3 is 0 Å². The summed E-state index contributed by atoms with van der Waals surface area (Å²) in [6, 6.07) is 10.3. The van der Waals surface area contributed by atoms with Gasteiger partial charge in [0.2, 0.25) is 16.8 Å². The predicted octanol–water partition coefficient (Wildman–Crippen LogP) is 2.96. The highest BCUT2D eigenvalue weighted by Crippen LogP contribution is 2.36. The molecule has 1 aliphatic heterocycles. The second-order valence-corrected chi connectivity index (χ2v) is 7.56. The Bertz CT molecular complexity index is 803. The maximum absolute atomic E-state index is 12.3. The lowest BCUT2D eigenvalue weighted by Crippen LogP contribution is -2.23. The second kappa shape index (κ2) is 5.91. The third-order valence-corrected chi connectivity index (χ3v) is 5.48. The Morgan fingerprint density at radius 1 is 1.14 bits per heavy atom. The zero-order valence-electron chi connectivity index (χ0n) is 11.8. The smallest absolute Gasteiger partial charge is 0.240 e. The number of nitrogens with one attached hydrogen (secondary N) is 1. The van der Waals surface area contributed by atoms with Gasteiger partial charge in [0.25, 0.3) is 0 Å². The molecule has 1 N–H and O–H groups in total. The average molecular weight is 384 g/mol. The summed E-state index contributed by atoms with van der Waals surface area (Å²) in [6.45, 7) is 2.25. The standard InChI is InChI=1S/C15H14BrNO4S/c1-10-2-4-12(5-3-10)22(18,19)17-8-11-6-14-15(7-13(11)16)21-9-20-14/h2-7,17H,8-9H2,1H3. The molecule has 2 aromatic rings. The van der Waals surface area contributed by atoms with E-state index in [0.29, 0.717) is 11.5 Å². The SMILES string of the molecule is Cc1ccc(S(=O)(=O)NCc2cc3c(cc2Br)OCO3)cc1. The number of hydrogen-bond donors (Lipinski definition) is 1. The fourth-order valence-electron chi connectivity index (χ4n) is 2.07. The Morgan fingerprint density at radius 3 is 2.45 bits per heavy atom. The van der Waals surface area contributed by atoms with E-state index in [4.69, 9.17) is 9.47 Å². The average Bonchev–Trinajstić information content (AvgIpc) is 2.92. The number of halogens is 1. The third kappa shape index (κ3) is 3.11. The molecule has 0 fully saturated rings. The van der Waals surface area contributed by atoms with Gasteiger partial charge in [-0.2, -0.15) is 0 Å². The summed E-state index contributed by atoms with van der Waals surface area (Å²) >= 11 is 3.41. The van der Waals surface area contributed by atoms with Gasteiger partial charge in [-0.3, -0.25) is 0 Å². The summed E-state index contributed by atoms with van der Waals surface area (Å²) < 4.78 is 38.5. The van der Waals surface area contributed by atoms with Crippen molar-refractivity contribution in [3.63, 3.8) is 0 Å². The van der Waals surface area contributed by atoms with Crippen molar-refractivity contribution in [2.75, 3.05) is 6.79 Å². The van der Waals surface area contributed by atoms with Crippen LogP contribution in [0.4, 0.5) is 0 Å². The minimum Gasteiger partial charge on any atom is -0.454 e. The molecule has 2 aromatic carbocycles. The molecule has 0 atom stereocenters. The molecule has 22 heavy (non-hydrogen) atoms. The monoisotopic (exact) mass is 383 g/mol.